The molecule has 1 aromatic rings. The van der Waals surface area contributed by atoms with Gasteiger partial charge in [0.25, 0.3) is 11.6 Å². The number of ether oxygens (including phenoxy) is 2. The van der Waals surface area contributed by atoms with Gasteiger partial charge in [-0.15, -0.1) is 0 Å². The number of nitro groups is 1. The number of carboxylic acids is 1. The van der Waals surface area contributed by atoms with Crippen molar-refractivity contribution in [3.63, 3.8) is 0 Å². The number of nitro benzene ring substituents is 1. The average molecular weight is 609 g/mol. The zero-order chi connectivity index (χ0) is 32.8. The molecule has 0 bridgehead atoms. The van der Waals surface area contributed by atoms with Gasteiger partial charge >= 0.3 is 18.2 Å². The first-order chi connectivity index (χ1) is 19.8. The molecule has 0 aliphatic heterocycles. The van der Waals surface area contributed by atoms with E-state index in [2.05, 4.69) is 26.3 Å². The van der Waals surface area contributed by atoms with E-state index in [0.717, 1.165) is 12.1 Å². The number of benzene rings is 1. The van der Waals surface area contributed by atoms with Crippen LogP contribution in [0.1, 0.15) is 84.0 Å². The third kappa shape index (κ3) is 16.9. The molecule has 4 amide bonds. The van der Waals surface area contributed by atoms with Gasteiger partial charge in [-0.1, -0.05) is 6.42 Å². The summed E-state index contributed by atoms with van der Waals surface area (Å²) in [5.74, 6) is -2.44. The van der Waals surface area contributed by atoms with Gasteiger partial charge in [-0.3, -0.25) is 40.1 Å². The maximum atomic E-state index is 12.4. The van der Waals surface area contributed by atoms with Crippen molar-refractivity contribution in [3.8, 4) is 0 Å². The minimum absolute atomic E-state index is 0.0401. The number of nitrogens with zero attached hydrogens (tertiary/aromatic N) is 2. The fourth-order valence-corrected chi connectivity index (χ4v) is 3.20. The van der Waals surface area contributed by atoms with Crippen LogP contribution in [0.15, 0.2) is 23.2 Å². The van der Waals surface area contributed by atoms with Crippen molar-refractivity contribution in [2.45, 2.75) is 84.8 Å². The SMILES string of the molecule is CC(C)(C)OC(=O)NC(=NCCCCCC(=O)Nc1cc(C(=O)NCCC(=O)O)cc([N+](=O)[O-])c1)NC(=O)OC(C)(C)C. The molecule has 0 radical (unpaired) electrons. The zero-order valence-corrected chi connectivity index (χ0v) is 25.2. The second-order valence-corrected chi connectivity index (χ2v) is 11.3. The van der Waals surface area contributed by atoms with Crippen LogP contribution in [-0.4, -0.2) is 70.3 Å². The number of hydrogen-bond donors (Lipinski definition) is 5. The molecule has 5 N–H and O–H groups in total. The number of hydrogen-bond acceptors (Lipinski definition) is 10. The number of anilines is 1. The van der Waals surface area contributed by atoms with E-state index in [1.165, 1.54) is 6.07 Å². The van der Waals surface area contributed by atoms with Crippen molar-refractivity contribution < 1.29 is 43.5 Å². The second-order valence-electron chi connectivity index (χ2n) is 11.3. The van der Waals surface area contributed by atoms with Crippen LogP contribution >= 0.6 is 0 Å². The molecule has 16 nitrogen and oxygen atoms in total. The van der Waals surface area contributed by atoms with Crippen LogP contribution < -0.4 is 21.3 Å². The van der Waals surface area contributed by atoms with Crippen LogP contribution in [0.3, 0.4) is 0 Å². The average Bonchev–Trinajstić information content (AvgIpc) is 2.83. The Bertz CT molecular complexity index is 1190. The number of unbranched alkanes of at least 4 members (excludes halogenated alkanes) is 2. The summed E-state index contributed by atoms with van der Waals surface area (Å²) in [7, 11) is 0. The van der Waals surface area contributed by atoms with E-state index >= 15 is 0 Å². The van der Waals surface area contributed by atoms with Gasteiger partial charge in [0, 0.05) is 42.9 Å². The summed E-state index contributed by atoms with van der Waals surface area (Å²) >= 11 is 0. The third-order valence-corrected chi connectivity index (χ3v) is 4.87. The molecule has 1 rings (SSSR count). The van der Waals surface area contributed by atoms with Gasteiger partial charge in [-0.25, -0.2) is 9.59 Å². The molecule has 0 aliphatic carbocycles. The highest BCUT2D eigenvalue weighted by atomic mass is 16.6. The first-order valence-corrected chi connectivity index (χ1v) is 13.5. The van der Waals surface area contributed by atoms with E-state index in [9.17, 15) is 34.1 Å². The molecule has 0 unspecified atom stereocenters. The van der Waals surface area contributed by atoms with E-state index in [4.69, 9.17) is 14.6 Å². The number of aliphatic carboxylic acids is 1. The summed E-state index contributed by atoms with van der Waals surface area (Å²) in [6.07, 6.45) is -0.451. The van der Waals surface area contributed by atoms with Gasteiger partial charge in [-0.2, -0.15) is 0 Å². The number of alkyl carbamates (subject to hydrolysis) is 2. The second kappa shape index (κ2) is 16.6. The monoisotopic (exact) mass is 608 g/mol. The molecule has 0 saturated heterocycles. The Hall–Kier alpha value is -4.76. The Balaban J connectivity index is 2.70. The minimum atomic E-state index is -1.12. The Kier molecular flexibility index (Phi) is 14.0. The molecule has 0 atom stereocenters. The fourth-order valence-electron chi connectivity index (χ4n) is 3.20. The standard InChI is InChI=1S/C27H40N6O10/c1-26(2,3)42-24(38)31-23(32-25(39)43-27(4,5)6)29-12-9-7-8-10-20(34)30-18-14-17(15-19(16-18)33(40)41)22(37)28-13-11-21(35)36/h14-16H,7-13H2,1-6H3,(H,28,37)(H,30,34)(H,35,36)(H2,29,31,32,38,39). The van der Waals surface area contributed by atoms with Gasteiger partial charge in [0.05, 0.1) is 11.3 Å². The summed E-state index contributed by atoms with van der Waals surface area (Å²) in [4.78, 5) is 74.4. The number of carbonyl (C=O) groups is 5. The maximum Gasteiger partial charge on any atom is 0.414 e. The Morgan fingerprint density at radius 2 is 1.47 bits per heavy atom. The highest BCUT2D eigenvalue weighted by molar-refractivity contribution is 6.01. The molecular formula is C27H40N6O10. The third-order valence-electron chi connectivity index (χ3n) is 4.87. The molecule has 238 valence electrons. The summed E-state index contributed by atoms with van der Waals surface area (Å²) in [5, 5.41) is 29.6. The van der Waals surface area contributed by atoms with Crippen molar-refractivity contribution in [3.05, 3.63) is 33.9 Å². The van der Waals surface area contributed by atoms with Gasteiger partial charge in [-0.05, 0) is 60.5 Å². The molecule has 16 heteroatoms. The fraction of sp³-hybridized carbons (Fsp3) is 0.556. The predicted molar refractivity (Wildman–Crippen MR) is 156 cm³/mol. The topological polar surface area (TPSA) is 228 Å². The first kappa shape index (κ1) is 36.3. The van der Waals surface area contributed by atoms with E-state index in [1.54, 1.807) is 41.5 Å². The van der Waals surface area contributed by atoms with Gasteiger partial charge in [0.2, 0.25) is 11.9 Å². The van der Waals surface area contributed by atoms with Crippen LogP contribution in [0.2, 0.25) is 0 Å². The van der Waals surface area contributed by atoms with E-state index in [1.807, 2.05) is 0 Å². The number of amides is 4. The lowest BCUT2D eigenvalue weighted by Crippen LogP contribution is -2.47. The zero-order valence-electron chi connectivity index (χ0n) is 25.2. The molecule has 0 aliphatic rings. The molecule has 0 spiro atoms. The van der Waals surface area contributed by atoms with Crippen molar-refractivity contribution >= 4 is 47.3 Å². The number of nitrogens with one attached hydrogen (secondary N) is 4. The van der Waals surface area contributed by atoms with Crippen LogP contribution in [0.5, 0.6) is 0 Å². The van der Waals surface area contributed by atoms with Crippen molar-refractivity contribution in [2.75, 3.05) is 18.4 Å². The highest BCUT2D eigenvalue weighted by Crippen LogP contribution is 2.21. The molecule has 1 aromatic carbocycles. The van der Waals surface area contributed by atoms with Crippen LogP contribution in [0, 0.1) is 10.1 Å². The molecule has 0 heterocycles. The molecule has 0 fully saturated rings. The summed E-state index contributed by atoms with van der Waals surface area (Å²) < 4.78 is 10.4. The number of aliphatic imine (C=N–C) groups is 1. The number of guanidine groups is 1. The highest BCUT2D eigenvalue weighted by Gasteiger charge is 2.21. The quantitative estimate of drug-likeness (QED) is 0.0759. The lowest BCUT2D eigenvalue weighted by atomic mass is 10.1. The van der Waals surface area contributed by atoms with E-state index in [0.29, 0.717) is 19.3 Å². The van der Waals surface area contributed by atoms with E-state index in [-0.39, 0.29) is 43.1 Å². The molecule has 0 saturated carbocycles. The summed E-state index contributed by atoms with van der Waals surface area (Å²) in [6, 6.07) is 3.39. The summed E-state index contributed by atoms with van der Waals surface area (Å²) in [6.45, 7) is 10.1. The van der Waals surface area contributed by atoms with E-state index < -0.39 is 51.8 Å². The number of carbonyl (C=O) groups excluding carboxylic acids is 4. The minimum Gasteiger partial charge on any atom is -0.481 e. The first-order valence-electron chi connectivity index (χ1n) is 13.5. The normalized spacial score (nSPS) is 11.0. The predicted octanol–water partition coefficient (Wildman–Crippen LogP) is 3.70. The lowest BCUT2D eigenvalue weighted by Gasteiger charge is -2.22. The number of rotatable bonds is 12. The van der Waals surface area contributed by atoms with Crippen LogP contribution in [-0.2, 0) is 19.1 Å². The van der Waals surface area contributed by atoms with Gasteiger partial charge in [0.15, 0.2) is 0 Å². The van der Waals surface area contributed by atoms with Crippen LogP contribution in [0.25, 0.3) is 0 Å². The van der Waals surface area contributed by atoms with Gasteiger partial charge < -0.3 is 25.2 Å². The Morgan fingerprint density at radius 3 is 1.98 bits per heavy atom. The van der Waals surface area contributed by atoms with Crippen LogP contribution in [0.4, 0.5) is 21.0 Å². The van der Waals surface area contributed by atoms with Gasteiger partial charge in [0.1, 0.15) is 11.2 Å². The smallest absolute Gasteiger partial charge is 0.414 e. The molecular weight excluding hydrogens is 568 g/mol. The lowest BCUT2D eigenvalue weighted by molar-refractivity contribution is -0.384. The number of carboxylic acid groups (broad SMARTS) is 1. The van der Waals surface area contributed by atoms with Crippen molar-refractivity contribution in [2.24, 2.45) is 4.99 Å². The maximum absolute atomic E-state index is 12.4. The summed E-state index contributed by atoms with van der Waals surface area (Å²) in [5.41, 5.74) is -2.04. The largest absolute Gasteiger partial charge is 0.481 e. The Labute approximate surface area is 249 Å². The molecule has 0 aromatic heterocycles. The van der Waals surface area contributed by atoms with Crippen molar-refractivity contribution in [1.29, 1.82) is 0 Å². The Morgan fingerprint density at radius 1 is 0.884 bits per heavy atom. The molecule has 43 heavy (non-hydrogen) atoms. The number of non-ortho nitro benzene ring substituents is 1. The van der Waals surface area contributed by atoms with Crippen molar-refractivity contribution in [1.82, 2.24) is 16.0 Å².